The third kappa shape index (κ3) is 2.46. The van der Waals surface area contributed by atoms with Gasteiger partial charge in [0, 0.05) is 18.3 Å². The summed E-state index contributed by atoms with van der Waals surface area (Å²) in [4.78, 5) is 2.30. The van der Waals surface area contributed by atoms with Gasteiger partial charge in [-0.3, -0.25) is 0 Å². The summed E-state index contributed by atoms with van der Waals surface area (Å²) in [6.45, 7) is 6.61. The minimum absolute atomic E-state index is 0.0369. The number of allylic oxidation sites excluding steroid dienone is 1. The molecule has 0 saturated carbocycles. The number of likely N-dealkylation sites (N-methyl/N-ethyl adjacent to an activating group) is 1. The fourth-order valence-electron chi connectivity index (χ4n) is 2.65. The Morgan fingerprint density at radius 3 is 2.62 bits per heavy atom. The van der Waals surface area contributed by atoms with Crippen LogP contribution >= 0.6 is 0 Å². The molecule has 0 N–H and O–H groups in total. The van der Waals surface area contributed by atoms with Gasteiger partial charge in [-0.25, -0.2) is 4.68 Å². The maximum Gasteiger partial charge on any atom is 0.141 e. The molecule has 2 heterocycles. The van der Waals surface area contributed by atoms with Crippen molar-refractivity contribution in [3.05, 3.63) is 48.1 Å². The van der Waals surface area contributed by atoms with E-state index >= 15 is 0 Å². The van der Waals surface area contributed by atoms with Crippen LogP contribution in [0.15, 0.2) is 42.0 Å². The van der Waals surface area contributed by atoms with E-state index in [0.29, 0.717) is 0 Å². The normalized spacial score (nSPS) is 17.0. The molecule has 2 aromatic rings. The van der Waals surface area contributed by atoms with Crippen molar-refractivity contribution >= 4 is 17.5 Å². The third-order valence-corrected chi connectivity index (χ3v) is 3.99. The topological polar surface area (TPSA) is 46.3 Å². The first-order valence-corrected chi connectivity index (χ1v) is 6.94. The molecule has 0 radical (unpaired) electrons. The maximum atomic E-state index is 4.29. The van der Waals surface area contributed by atoms with Crippen LogP contribution in [0.2, 0.25) is 0 Å². The average molecular weight is 281 g/mol. The van der Waals surface area contributed by atoms with Crippen LogP contribution in [0.1, 0.15) is 31.9 Å². The summed E-state index contributed by atoms with van der Waals surface area (Å²) < 4.78 is 1.58. The molecule has 0 amide bonds. The first-order valence-electron chi connectivity index (χ1n) is 6.94. The zero-order chi connectivity index (χ0) is 15.0. The predicted octanol–water partition coefficient (Wildman–Crippen LogP) is 2.79. The van der Waals surface area contributed by atoms with Crippen LogP contribution in [0.25, 0.3) is 5.57 Å². The SMILES string of the molecule is CC1=CC(C)(C)N(C)c2ccc(/C=N\n3cnnc3)cc21. The van der Waals surface area contributed by atoms with Gasteiger partial charge in [-0.2, -0.15) is 5.10 Å². The minimum Gasteiger partial charge on any atom is -0.366 e. The summed E-state index contributed by atoms with van der Waals surface area (Å²) >= 11 is 0. The fourth-order valence-corrected chi connectivity index (χ4v) is 2.65. The lowest BCUT2D eigenvalue weighted by Gasteiger charge is -2.40. The van der Waals surface area contributed by atoms with Crippen molar-refractivity contribution in [1.29, 1.82) is 0 Å². The molecule has 0 aliphatic carbocycles. The lowest BCUT2D eigenvalue weighted by molar-refractivity contribution is 0.598. The van der Waals surface area contributed by atoms with E-state index < -0.39 is 0 Å². The van der Waals surface area contributed by atoms with Gasteiger partial charge >= 0.3 is 0 Å². The van der Waals surface area contributed by atoms with E-state index in [0.717, 1.165) is 5.56 Å². The molecule has 1 aromatic carbocycles. The van der Waals surface area contributed by atoms with Crippen molar-refractivity contribution in [3.8, 4) is 0 Å². The van der Waals surface area contributed by atoms with Crippen molar-refractivity contribution in [2.75, 3.05) is 11.9 Å². The summed E-state index contributed by atoms with van der Waals surface area (Å²) in [6, 6.07) is 6.40. The number of anilines is 1. The van der Waals surface area contributed by atoms with Gasteiger partial charge < -0.3 is 4.90 Å². The van der Waals surface area contributed by atoms with Gasteiger partial charge in [0.25, 0.3) is 0 Å². The lowest BCUT2D eigenvalue weighted by atomic mass is 9.89. The van der Waals surface area contributed by atoms with E-state index in [2.05, 4.69) is 72.3 Å². The number of benzene rings is 1. The van der Waals surface area contributed by atoms with Crippen LogP contribution in [0.3, 0.4) is 0 Å². The molecule has 108 valence electrons. The van der Waals surface area contributed by atoms with Crippen molar-refractivity contribution in [2.45, 2.75) is 26.3 Å². The number of nitrogens with zero attached hydrogens (tertiary/aromatic N) is 5. The molecule has 0 fully saturated rings. The van der Waals surface area contributed by atoms with E-state index in [1.165, 1.54) is 16.8 Å². The summed E-state index contributed by atoms with van der Waals surface area (Å²) in [5, 5.41) is 11.7. The van der Waals surface area contributed by atoms with Gasteiger partial charge in [0.1, 0.15) is 12.7 Å². The zero-order valence-electron chi connectivity index (χ0n) is 12.8. The van der Waals surface area contributed by atoms with Crippen LogP contribution in [-0.2, 0) is 0 Å². The van der Waals surface area contributed by atoms with E-state index in [1.54, 1.807) is 17.3 Å². The molecule has 3 rings (SSSR count). The number of hydrogen-bond acceptors (Lipinski definition) is 4. The Morgan fingerprint density at radius 1 is 1.19 bits per heavy atom. The Kier molecular flexibility index (Phi) is 3.12. The summed E-state index contributed by atoms with van der Waals surface area (Å²) in [6.07, 6.45) is 7.25. The summed E-state index contributed by atoms with van der Waals surface area (Å²) in [5.41, 5.74) is 4.90. The number of hydrogen-bond donors (Lipinski definition) is 0. The largest absolute Gasteiger partial charge is 0.366 e. The summed E-state index contributed by atoms with van der Waals surface area (Å²) in [7, 11) is 2.13. The van der Waals surface area contributed by atoms with Gasteiger partial charge in [0.2, 0.25) is 0 Å². The van der Waals surface area contributed by atoms with Crippen LogP contribution in [0.5, 0.6) is 0 Å². The monoisotopic (exact) mass is 281 g/mol. The van der Waals surface area contributed by atoms with E-state index in [-0.39, 0.29) is 5.54 Å². The lowest BCUT2D eigenvalue weighted by Crippen LogP contribution is -2.42. The van der Waals surface area contributed by atoms with Crippen LogP contribution in [0.4, 0.5) is 5.69 Å². The minimum atomic E-state index is 0.0369. The molecular formula is C16H19N5. The molecule has 0 saturated heterocycles. The highest BCUT2D eigenvalue weighted by molar-refractivity contribution is 5.87. The van der Waals surface area contributed by atoms with Crippen molar-refractivity contribution in [3.63, 3.8) is 0 Å². The molecule has 0 unspecified atom stereocenters. The highest BCUT2D eigenvalue weighted by Crippen LogP contribution is 2.37. The highest BCUT2D eigenvalue weighted by Gasteiger charge is 2.28. The molecular weight excluding hydrogens is 262 g/mol. The number of aromatic nitrogens is 3. The summed E-state index contributed by atoms with van der Waals surface area (Å²) in [5.74, 6) is 0. The van der Waals surface area contributed by atoms with E-state index in [4.69, 9.17) is 0 Å². The Balaban J connectivity index is 1.97. The molecule has 5 nitrogen and oxygen atoms in total. The average Bonchev–Trinajstić information content (AvgIpc) is 2.95. The molecule has 21 heavy (non-hydrogen) atoms. The number of fused-ring (bicyclic) bond motifs is 1. The highest BCUT2D eigenvalue weighted by atomic mass is 15.4. The third-order valence-electron chi connectivity index (χ3n) is 3.99. The molecule has 0 spiro atoms. The van der Waals surface area contributed by atoms with Crippen LogP contribution in [-0.4, -0.2) is 33.7 Å². The quantitative estimate of drug-likeness (QED) is 0.795. The molecule has 1 aromatic heterocycles. The molecule has 0 bridgehead atoms. The Labute approximate surface area is 124 Å². The smallest absolute Gasteiger partial charge is 0.141 e. The second-order valence-corrected chi connectivity index (χ2v) is 5.90. The van der Waals surface area contributed by atoms with E-state index in [1.807, 2.05) is 6.21 Å². The van der Waals surface area contributed by atoms with Gasteiger partial charge in [-0.05, 0) is 44.0 Å². The molecule has 0 atom stereocenters. The molecule has 5 heteroatoms. The maximum absolute atomic E-state index is 4.29. The predicted molar refractivity (Wildman–Crippen MR) is 85.6 cm³/mol. The Bertz CT molecular complexity index is 710. The van der Waals surface area contributed by atoms with Gasteiger partial charge in [-0.1, -0.05) is 12.1 Å². The van der Waals surface area contributed by atoms with Gasteiger partial charge in [0.05, 0.1) is 11.8 Å². The number of rotatable bonds is 2. The van der Waals surface area contributed by atoms with Crippen molar-refractivity contribution < 1.29 is 0 Å². The van der Waals surface area contributed by atoms with Gasteiger partial charge in [0.15, 0.2) is 0 Å². The first-order chi connectivity index (χ1) is 9.97. The second kappa shape index (κ2) is 4.84. The Morgan fingerprint density at radius 2 is 1.90 bits per heavy atom. The molecule has 1 aliphatic rings. The molecule has 1 aliphatic heterocycles. The van der Waals surface area contributed by atoms with Crippen LogP contribution < -0.4 is 4.90 Å². The van der Waals surface area contributed by atoms with Crippen molar-refractivity contribution in [1.82, 2.24) is 14.9 Å². The zero-order valence-corrected chi connectivity index (χ0v) is 12.8. The first kappa shape index (κ1) is 13.5. The van der Waals surface area contributed by atoms with E-state index in [9.17, 15) is 0 Å². The van der Waals surface area contributed by atoms with Crippen molar-refractivity contribution in [2.24, 2.45) is 5.10 Å². The van der Waals surface area contributed by atoms with Crippen LogP contribution in [0, 0.1) is 0 Å². The second-order valence-electron chi connectivity index (χ2n) is 5.90. The Hall–Kier alpha value is -2.43. The standard InChI is InChI=1S/C16H19N5/c1-12-8-16(2,3)20(4)15-6-5-13(7-14(12)15)9-19-21-10-17-18-11-21/h5-11H,1-4H3/b19-9-. The fraction of sp³-hybridized carbons (Fsp3) is 0.312. The van der Waals surface area contributed by atoms with Gasteiger partial charge in [-0.15, -0.1) is 10.2 Å².